The van der Waals surface area contributed by atoms with Crippen molar-refractivity contribution in [1.82, 2.24) is 5.32 Å². The summed E-state index contributed by atoms with van der Waals surface area (Å²) in [5.74, 6) is -0.984. The van der Waals surface area contributed by atoms with E-state index in [9.17, 15) is 9.59 Å². The fourth-order valence-electron chi connectivity index (χ4n) is 2.37. The van der Waals surface area contributed by atoms with Crippen molar-refractivity contribution >= 4 is 39.1 Å². The second-order valence-corrected chi connectivity index (χ2v) is 7.15. The third-order valence-corrected chi connectivity index (χ3v) is 5.09. The lowest BCUT2D eigenvalue weighted by Gasteiger charge is -2.25. The van der Waals surface area contributed by atoms with E-state index in [1.807, 2.05) is 11.4 Å². The zero-order chi connectivity index (χ0) is 13.8. The first-order chi connectivity index (χ1) is 9.06. The number of nitrogens with one attached hydrogen (secondary N) is 1. The van der Waals surface area contributed by atoms with E-state index in [1.54, 1.807) is 11.3 Å². The number of thiophene rings is 1. The molecular formula is C13H16BrNO3S. The first kappa shape index (κ1) is 14.5. The Morgan fingerprint density at radius 1 is 1.32 bits per heavy atom. The molecule has 0 unspecified atom stereocenters. The number of hydrogen-bond donors (Lipinski definition) is 2. The minimum absolute atomic E-state index is 0.0299. The molecule has 2 N–H and O–H groups in total. The van der Waals surface area contributed by atoms with Crippen LogP contribution in [0.5, 0.6) is 0 Å². The molecule has 0 spiro atoms. The molecule has 1 saturated carbocycles. The summed E-state index contributed by atoms with van der Waals surface area (Å²) in [5, 5.41) is 13.8. The fourth-order valence-corrected chi connectivity index (χ4v) is 3.58. The van der Waals surface area contributed by atoms with Crippen LogP contribution in [0.25, 0.3) is 0 Å². The molecule has 19 heavy (non-hydrogen) atoms. The lowest BCUT2D eigenvalue weighted by Crippen LogP contribution is -2.33. The van der Waals surface area contributed by atoms with Gasteiger partial charge in [-0.3, -0.25) is 9.59 Å². The van der Waals surface area contributed by atoms with Gasteiger partial charge in [-0.15, -0.1) is 11.3 Å². The van der Waals surface area contributed by atoms with Crippen LogP contribution in [0.4, 0.5) is 0 Å². The van der Waals surface area contributed by atoms with Crippen molar-refractivity contribution in [2.24, 2.45) is 11.8 Å². The summed E-state index contributed by atoms with van der Waals surface area (Å²) < 4.78 is 1.05. The largest absolute Gasteiger partial charge is 0.481 e. The third kappa shape index (κ3) is 4.04. The van der Waals surface area contributed by atoms with E-state index in [2.05, 4.69) is 21.2 Å². The molecule has 104 valence electrons. The van der Waals surface area contributed by atoms with E-state index in [4.69, 9.17) is 5.11 Å². The Hall–Kier alpha value is -0.880. The zero-order valence-electron chi connectivity index (χ0n) is 10.4. The van der Waals surface area contributed by atoms with Crippen LogP contribution in [-0.4, -0.2) is 17.0 Å². The second kappa shape index (κ2) is 6.52. The smallest absolute Gasteiger partial charge is 0.306 e. The second-order valence-electron chi connectivity index (χ2n) is 4.86. The van der Waals surface area contributed by atoms with Crippen molar-refractivity contribution in [3.63, 3.8) is 0 Å². The van der Waals surface area contributed by atoms with Gasteiger partial charge in [-0.25, -0.2) is 0 Å². The van der Waals surface area contributed by atoms with Gasteiger partial charge in [0.15, 0.2) is 0 Å². The molecule has 0 saturated heterocycles. The molecule has 1 fully saturated rings. The topological polar surface area (TPSA) is 66.4 Å². The van der Waals surface area contributed by atoms with Gasteiger partial charge >= 0.3 is 5.97 Å². The van der Waals surface area contributed by atoms with Crippen LogP contribution in [0.3, 0.4) is 0 Å². The molecule has 0 aliphatic heterocycles. The maximum Gasteiger partial charge on any atom is 0.306 e. The SMILES string of the molecule is O=C(O)C1CCC(C(=O)NCc2csc(Br)c2)CC1. The van der Waals surface area contributed by atoms with Gasteiger partial charge in [0.1, 0.15) is 0 Å². The first-order valence-electron chi connectivity index (χ1n) is 6.29. The van der Waals surface area contributed by atoms with Crippen LogP contribution in [0.1, 0.15) is 31.2 Å². The number of hydrogen-bond acceptors (Lipinski definition) is 3. The molecule has 1 amide bonds. The van der Waals surface area contributed by atoms with Crippen LogP contribution in [0.15, 0.2) is 15.2 Å². The summed E-state index contributed by atoms with van der Waals surface area (Å²) in [7, 11) is 0. The Morgan fingerprint density at radius 2 is 1.95 bits per heavy atom. The average Bonchev–Trinajstić information content (AvgIpc) is 2.82. The van der Waals surface area contributed by atoms with Gasteiger partial charge < -0.3 is 10.4 Å². The minimum Gasteiger partial charge on any atom is -0.481 e. The zero-order valence-corrected chi connectivity index (χ0v) is 12.8. The number of halogens is 1. The molecule has 1 aliphatic carbocycles. The molecule has 1 heterocycles. The quantitative estimate of drug-likeness (QED) is 0.881. The number of carbonyl (C=O) groups excluding carboxylic acids is 1. The molecule has 0 bridgehead atoms. The summed E-state index contributed by atoms with van der Waals surface area (Å²) in [6.07, 6.45) is 2.57. The van der Waals surface area contributed by atoms with E-state index in [-0.39, 0.29) is 17.7 Å². The van der Waals surface area contributed by atoms with Crippen LogP contribution < -0.4 is 5.32 Å². The molecule has 1 aromatic rings. The standard InChI is InChI=1S/C13H16BrNO3S/c14-11-5-8(7-19-11)6-15-12(16)9-1-3-10(4-2-9)13(17)18/h5,7,9-10H,1-4,6H2,(H,15,16)(H,17,18). The lowest BCUT2D eigenvalue weighted by molar-refractivity contribution is -0.144. The predicted octanol–water partition coefficient (Wildman–Crippen LogP) is 3.02. The molecule has 0 radical (unpaired) electrons. The molecule has 1 aromatic heterocycles. The van der Waals surface area contributed by atoms with E-state index in [0.717, 1.165) is 9.35 Å². The maximum absolute atomic E-state index is 12.0. The van der Waals surface area contributed by atoms with Gasteiger partial charge in [0, 0.05) is 12.5 Å². The van der Waals surface area contributed by atoms with Crippen molar-refractivity contribution in [2.75, 3.05) is 0 Å². The lowest BCUT2D eigenvalue weighted by atomic mass is 9.81. The fraction of sp³-hybridized carbons (Fsp3) is 0.538. The summed E-state index contributed by atoms with van der Waals surface area (Å²) in [4.78, 5) is 22.8. The van der Waals surface area contributed by atoms with Crippen LogP contribution >= 0.6 is 27.3 Å². The Labute approximate surface area is 124 Å². The minimum atomic E-state index is -0.734. The van der Waals surface area contributed by atoms with E-state index >= 15 is 0 Å². The Balaban J connectivity index is 1.77. The predicted molar refractivity (Wildman–Crippen MR) is 76.9 cm³/mol. The van der Waals surface area contributed by atoms with Gasteiger partial charge in [-0.1, -0.05) is 0 Å². The molecule has 4 nitrogen and oxygen atoms in total. The number of rotatable bonds is 4. The molecule has 1 aliphatic rings. The number of carboxylic acid groups (broad SMARTS) is 1. The van der Waals surface area contributed by atoms with Gasteiger partial charge in [0.2, 0.25) is 5.91 Å². The van der Waals surface area contributed by atoms with Crippen molar-refractivity contribution in [3.05, 3.63) is 20.8 Å². The van der Waals surface area contributed by atoms with Crippen molar-refractivity contribution in [3.8, 4) is 0 Å². The molecule has 0 atom stereocenters. The number of carbonyl (C=O) groups is 2. The Bertz CT molecular complexity index is 466. The highest BCUT2D eigenvalue weighted by Gasteiger charge is 2.29. The number of carboxylic acids is 1. The number of amides is 1. The molecule has 2 rings (SSSR count). The summed E-state index contributed by atoms with van der Waals surface area (Å²) in [6.45, 7) is 0.541. The summed E-state index contributed by atoms with van der Waals surface area (Å²) in [5.41, 5.74) is 1.09. The molecular weight excluding hydrogens is 330 g/mol. The van der Waals surface area contributed by atoms with E-state index in [1.165, 1.54) is 0 Å². The highest BCUT2D eigenvalue weighted by Crippen LogP contribution is 2.29. The Morgan fingerprint density at radius 3 is 2.47 bits per heavy atom. The molecule has 6 heteroatoms. The summed E-state index contributed by atoms with van der Waals surface area (Å²) in [6, 6.07) is 1.99. The van der Waals surface area contributed by atoms with Gasteiger partial charge in [0.25, 0.3) is 0 Å². The first-order valence-corrected chi connectivity index (χ1v) is 7.97. The van der Waals surface area contributed by atoms with E-state index < -0.39 is 5.97 Å². The summed E-state index contributed by atoms with van der Waals surface area (Å²) >= 11 is 4.98. The maximum atomic E-state index is 12.0. The Kier molecular flexibility index (Phi) is 4.99. The van der Waals surface area contributed by atoms with Crippen LogP contribution in [-0.2, 0) is 16.1 Å². The highest BCUT2D eigenvalue weighted by atomic mass is 79.9. The normalized spacial score (nSPS) is 23.0. The monoisotopic (exact) mass is 345 g/mol. The molecule has 0 aromatic carbocycles. The van der Waals surface area contributed by atoms with Crippen LogP contribution in [0, 0.1) is 11.8 Å². The van der Waals surface area contributed by atoms with Gasteiger partial charge in [0.05, 0.1) is 9.70 Å². The van der Waals surface area contributed by atoms with Crippen LogP contribution in [0.2, 0.25) is 0 Å². The van der Waals surface area contributed by atoms with Gasteiger partial charge in [-0.05, 0) is 58.6 Å². The third-order valence-electron chi connectivity index (χ3n) is 3.54. The van der Waals surface area contributed by atoms with Crippen molar-refractivity contribution in [2.45, 2.75) is 32.2 Å². The number of aliphatic carboxylic acids is 1. The highest BCUT2D eigenvalue weighted by molar-refractivity contribution is 9.11. The average molecular weight is 346 g/mol. The van der Waals surface area contributed by atoms with E-state index in [0.29, 0.717) is 32.2 Å². The van der Waals surface area contributed by atoms with Crippen molar-refractivity contribution < 1.29 is 14.7 Å². The van der Waals surface area contributed by atoms with Gasteiger partial charge in [-0.2, -0.15) is 0 Å². The van der Waals surface area contributed by atoms with Crippen molar-refractivity contribution in [1.29, 1.82) is 0 Å².